The molecule has 2 aromatic rings. The molecule has 7 nitrogen and oxygen atoms in total. The molecule has 32 heavy (non-hydrogen) atoms. The monoisotopic (exact) mass is 464 g/mol. The number of carbonyl (C=O) groups excluding carboxylic acids is 1. The molecule has 0 radical (unpaired) electrons. The van der Waals surface area contributed by atoms with Gasteiger partial charge in [-0.05, 0) is 41.0 Å². The van der Waals surface area contributed by atoms with E-state index in [0.717, 1.165) is 16.7 Å². The number of benzene rings is 2. The number of aliphatic hydroxyl groups is 1. The highest BCUT2D eigenvalue weighted by molar-refractivity contribution is 7.89. The Balaban J connectivity index is 1.40. The lowest BCUT2D eigenvalue weighted by atomic mass is 9.98. The highest BCUT2D eigenvalue weighted by Crippen LogP contribution is 2.32. The summed E-state index contributed by atoms with van der Waals surface area (Å²) in [5.74, 6) is -0.978. The zero-order valence-electron chi connectivity index (χ0n) is 17.0. The van der Waals surface area contributed by atoms with Crippen LogP contribution in [0.4, 0.5) is 8.78 Å². The summed E-state index contributed by atoms with van der Waals surface area (Å²) >= 11 is 0. The van der Waals surface area contributed by atoms with Crippen LogP contribution in [0.1, 0.15) is 11.5 Å². The van der Waals surface area contributed by atoms with Crippen molar-refractivity contribution in [3.8, 4) is 5.75 Å². The second kappa shape index (κ2) is 8.97. The van der Waals surface area contributed by atoms with Gasteiger partial charge >= 0.3 is 6.61 Å². The van der Waals surface area contributed by atoms with E-state index in [4.69, 9.17) is 0 Å². The molecule has 2 aromatic carbocycles. The standard InChI is InChI=1S/C22H22F2N2O5S/c23-22(24)31-18-6-8-19(9-7-18)32(29,30)26-12-16-10-25(11-17(16)13-26)21(28)20(14-27)15-4-2-1-3-5-15/h1-9,20,22,27H,10-14H2. The van der Waals surface area contributed by atoms with Crippen molar-refractivity contribution in [1.29, 1.82) is 0 Å². The van der Waals surface area contributed by atoms with E-state index in [1.54, 1.807) is 17.0 Å². The topological polar surface area (TPSA) is 87.2 Å². The molecule has 1 amide bonds. The number of aliphatic hydroxyl groups excluding tert-OH is 1. The van der Waals surface area contributed by atoms with Crippen LogP contribution in [0.25, 0.3) is 0 Å². The van der Waals surface area contributed by atoms with Crippen LogP contribution in [0.2, 0.25) is 0 Å². The summed E-state index contributed by atoms with van der Waals surface area (Å²) in [5.41, 5.74) is 2.46. The molecule has 0 spiro atoms. The van der Waals surface area contributed by atoms with E-state index in [-0.39, 0.29) is 36.2 Å². The number of rotatable bonds is 7. The van der Waals surface area contributed by atoms with Crippen LogP contribution in [0.3, 0.4) is 0 Å². The predicted molar refractivity (Wildman–Crippen MR) is 112 cm³/mol. The number of hydrogen-bond donors (Lipinski definition) is 1. The third kappa shape index (κ3) is 4.38. The minimum atomic E-state index is -3.82. The zero-order chi connectivity index (χ0) is 22.9. The van der Waals surface area contributed by atoms with Gasteiger partial charge in [-0.15, -0.1) is 0 Å². The molecule has 0 saturated carbocycles. The van der Waals surface area contributed by atoms with Gasteiger partial charge in [0, 0.05) is 26.2 Å². The molecule has 2 aliphatic rings. The average Bonchev–Trinajstić information content (AvgIpc) is 3.35. The fourth-order valence-electron chi connectivity index (χ4n) is 4.05. The molecule has 1 N–H and O–H groups in total. The van der Waals surface area contributed by atoms with E-state index in [2.05, 4.69) is 4.74 Å². The van der Waals surface area contributed by atoms with Crippen molar-refractivity contribution in [2.45, 2.75) is 17.4 Å². The van der Waals surface area contributed by atoms with Crippen molar-refractivity contribution < 1.29 is 31.8 Å². The molecule has 0 fully saturated rings. The van der Waals surface area contributed by atoms with Crippen molar-refractivity contribution >= 4 is 15.9 Å². The quantitative estimate of drug-likeness (QED) is 0.635. The van der Waals surface area contributed by atoms with Gasteiger partial charge in [0.15, 0.2) is 0 Å². The Morgan fingerprint density at radius 1 is 0.969 bits per heavy atom. The number of halogens is 2. The summed E-state index contributed by atoms with van der Waals surface area (Å²) < 4.78 is 56.1. The molecule has 2 heterocycles. The van der Waals surface area contributed by atoms with Gasteiger partial charge in [-0.3, -0.25) is 4.79 Å². The second-order valence-electron chi connectivity index (χ2n) is 7.67. The number of hydrogen-bond acceptors (Lipinski definition) is 5. The van der Waals surface area contributed by atoms with Crippen molar-refractivity contribution in [1.82, 2.24) is 9.21 Å². The smallest absolute Gasteiger partial charge is 0.387 e. The summed E-state index contributed by atoms with van der Waals surface area (Å²) in [4.78, 5) is 14.6. The van der Waals surface area contributed by atoms with Gasteiger partial charge in [-0.2, -0.15) is 13.1 Å². The third-order valence-corrected chi connectivity index (χ3v) is 7.48. The first-order valence-electron chi connectivity index (χ1n) is 9.99. The lowest BCUT2D eigenvalue weighted by molar-refractivity contribution is -0.132. The van der Waals surface area contributed by atoms with E-state index in [0.29, 0.717) is 13.1 Å². The van der Waals surface area contributed by atoms with E-state index in [1.165, 1.54) is 28.6 Å². The maximum atomic E-state index is 13.0. The second-order valence-corrected chi connectivity index (χ2v) is 9.61. The van der Waals surface area contributed by atoms with Crippen molar-refractivity contribution in [2.75, 3.05) is 32.8 Å². The molecular formula is C22H22F2N2O5S. The number of carbonyl (C=O) groups is 1. The first kappa shape index (κ1) is 22.4. The Hall–Kier alpha value is -2.82. The lowest BCUT2D eigenvalue weighted by Gasteiger charge is -2.26. The minimum Gasteiger partial charge on any atom is -0.435 e. The molecule has 1 unspecified atom stereocenters. The van der Waals surface area contributed by atoms with E-state index >= 15 is 0 Å². The molecule has 0 bridgehead atoms. The highest BCUT2D eigenvalue weighted by atomic mass is 32.2. The number of sulfonamides is 1. The van der Waals surface area contributed by atoms with Gasteiger partial charge in [0.25, 0.3) is 0 Å². The Kier molecular flexibility index (Phi) is 6.27. The summed E-state index contributed by atoms with van der Waals surface area (Å²) in [7, 11) is -3.82. The van der Waals surface area contributed by atoms with Gasteiger partial charge < -0.3 is 14.7 Å². The number of ether oxygens (including phenoxy) is 1. The van der Waals surface area contributed by atoms with Crippen LogP contribution < -0.4 is 4.74 Å². The largest absolute Gasteiger partial charge is 0.435 e. The van der Waals surface area contributed by atoms with Crippen LogP contribution in [-0.2, 0) is 14.8 Å². The molecule has 1 atom stereocenters. The van der Waals surface area contributed by atoms with Gasteiger partial charge in [-0.25, -0.2) is 8.42 Å². The summed E-state index contributed by atoms with van der Waals surface area (Å²) in [6, 6.07) is 13.9. The van der Waals surface area contributed by atoms with Gasteiger partial charge in [0.2, 0.25) is 15.9 Å². The van der Waals surface area contributed by atoms with Crippen molar-refractivity contribution in [3.05, 3.63) is 71.3 Å². The summed E-state index contributed by atoms with van der Waals surface area (Å²) in [6.07, 6.45) is 0. The SMILES string of the molecule is O=C(C(CO)c1ccccc1)N1CC2=C(C1)CN(S(=O)(=O)c1ccc(OC(F)F)cc1)C2. The Bertz CT molecular complexity index is 1100. The first-order valence-corrected chi connectivity index (χ1v) is 11.4. The van der Waals surface area contributed by atoms with Crippen molar-refractivity contribution in [2.24, 2.45) is 0 Å². The molecule has 0 aromatic heterocycles. The average molecular weight is 464 g/mol. The Morgan fingerprint density at radius 2 is 1.56 bits per heavy atom. The van der Waals surface area contributed by atoms with Gasteiger partial charge in [0.1, 0.15) is 5.75 Å². The molecule has 170 valence electrons. The molecule has 0 aliphatic carbocycles. The van der Waals surface area contributed by atoms with Crippen LogP contribution in [-0.4, -0.2) is 68.0 Å². The number of amides is 1. The molecule has 2 aliphatic heterocycles. The summed E-state index contributed by atoms with van der Waals surface area (Å²) in [6.45, 7) is -2.36. The van der Waals surface area contributed by atoms with Crippen LogP contribution >= 0.6 is 0 Å². The minimum absolute atomic E-state index is 0.0161. The van der Waals surface area contributed by atoms with Crippen LogP contribution in [0.5, 0.6) is 5.75 Å². The Labute approximate surface area is 184 Å². The lowest BCUT2D eigenvalue weighted by Crippen LogP contribution is -2.39. The van der Waals surface area contributed by atoms with Gasteiger partial charge in [0.05, 0.1) is 17.4 Å². The summed E-state index contributed by atoms with van der Waals surface area (Å²) in [5, 5.41) is 9.76. The van der Waals surface area contributed by atoms with Crippen LogP contribution in [0, 0.1) is 0 Å². The first-order chi connectivity index (χ1) is 15.3. The van der Waals surface area contributed by atoms with Gasteiger partial charge in [-0.1, -0.05) is 30.3 Å². The number of nitrogens with zero attached hydrogens (tertiary/aromatic N) is 2. The Morgan fingerprint density at radius 3 is 2.09 bits per heavy atom. The van der Waals surface area contributed by atoms with E-state index in [1.807, 2.05) is 18.2 Å². The maximum absolute atomic E-state index is 13.0. The van der Waals surface area contributed by atoms with E-state index < -0.39 is 22.6 Å². The maximum Gasteiger partial charge on any atom is 0.387 e. The molecular weight excluding hydrogens is 442 g/mol. The fraction of sp³-hybridized carbons (Fsp3) is 0.318. The third-order valence-electron chi connectivity index (χ3n) is 5.68. The molecule has 4 rings (SSSR count). The number of alkyl halides is 2. The van der Waals surface area contributed by atoms with Crippen LogP contribution in [0.15, 0.2) is 70.6 Å². The normalized spacial score (nSPS) is 17.7. The molecule has 0 saturated heterocycles. The van der Waals surface area contributed by atoms with Crippen molar-refractivity contribution in [3.63, 3.8) is 0 Å². The predicted octanol–water partition coefficient (Wildman–Crippen LogP) is 2.21. The van der Waals surface area contributed by atoms with E-state index in [9.17, 15) is 27.1 Å². The fourth-order valence-corrected chi connectivity index (χ4v) is 5.48. The highest BCUT2D eigenvalue weighted by Gasteiger charge is 2.39. The molecule has 10 heteroatoms. The zero-order valence-corrected chi connectivity index (χ0v) is 17.8.